The van der Waals surface area contributed by atoms with E-state index in [0.29, 0.717) is 19.6 Å². The van der Waals surface area contributed by atoms with Crippen LogP contribution in [0.15, 0.2) is 0 Å². The molecule has 0 rings (SSSR count). The van der Waals surface area contributed by atoms with Crippen LogP contribution >= 0.6 is 0 Å². The van der Waals surface area contributed by atoms with Crippen molar-refractivity contribution in [2.45, 2.75) is 84.0 Å². The predicted molar refractivity (Wildman–Crippen MR) is 79.1 cm³/mol. The first-order valence-corrected chi connectivity index (χ1v) is 8.07. The largest absolute Gasteiger partial charge is 0.466 e. The minimum atomic E-state index is -0.0822. The van der Waals surface area contributed by atoms with Crippen LogP contribution in [0.2, 0.25) is 0 Å². The van der Waals surface area contributed by atoms with Crippen LogP contribution in [0, 0.1) is 0 Å². The molecule has 0 fully saturated rings. The number of rotatable bonds is 14. The fourth-order valence-corrected chi connectivity index (χ4v) is 2.09. The Kier molecular flexibility index (Phi) is 15.0. The Morgan fingerprint density at radius 2 is 1.21 bits per heavy atom. The smallest absolute Gasteiger partial charge is 0.305 e. The molecule has 19 heavy (non-hydrogen) atoms. The summed E-state index contributed by atoms with van der Waals surface area (Å²) in [5, 5.41) is 8.64. The third kappa shape index (κ3) is 15.4. The van der Waals surface area contributed by atoms with E-state index in [9.17, 15) is 4.79 Å². The summed E-state index contributed by atoms with van der Waals surface area (Å²) in [6.45, 7) is 2.76. The number of ether oxygens (including phenoxy) is 1. The van der Waals surface area contributed by atoms with Gasteiger partial charge in [0.1, 0.15) is 0 Å². The van der Waals surface area contributed by atoms with Crippen LogP contribution in [0.5, 0.6) is 0 Å². The van der Waals surface area contributed by atoms with Gasteiger partial charge in [0, 0.05) is 13.0 Å². The van der Waals surface area contributed by atoms with E-state index in [2.05, 4.69) is 0 Å². The van der Waals surface area contributed by atoms with Crippen LogP contribution in [-0.2, 0) is 9.53 Å². The van der Waals surface area contributed by atoms with Gasteiger partial charge in [-0.05, 0) is 12.8 Å². The van der Waals surface area contributed by atoms with Gasteiger partial charge < -0.3 is 9.84 Å². The van der Waals surface area contributed by atoms with Gasteiger partial charge in [0.2, 0.25) is 0 Å². The molecule has 0 saturated carbocycles. The van der Waals surface area contributed by atoms with Crippen LogP contribution in [0.25, 0.3) is 0 Å². The van der Waals surface area contributed by atoms with Crippen LogP contribution in [-0.4, -0.2) is 24.3 Å². The normalized spacial score (nSPS) is 10.6. The van der Waals surface area contributed by atoms with E-state index in [1.165, 1.54) is 57.8 Å². The zero-order chi connectivity index (χ0) is 14.2. The summed E-state index contributed by atoms with van der Waals surface area (Å²) in [6.07, 6.45) is 13.9. The third-order valence-electron chi connectivity index (χ3n) is 3.35. The van der Waals surface area contributed by atoms with Crippen molar-refractivity contribution in [3.8, 4) is 0 Å². The highest BCUT2D eigenvalue weighted by Crippen LogP contribution is 2.11. The average molecular weight is 272 g/mol. The summed E-state index contributed by atoms with van der Waals surface area (Å²) >= 11 is 0. The van der Waals surface area contributed by atoms with E-state index in [4.69, 9.17) is 9.84 Å². The van der Waals surface area contributed by atoms with Crippen molar-refractivity contribution < 1.29 is 14.6 Å². The molecule has 114 valence electrons. The Bertz CT molecular complexity index is 192. The standard InChI is InChI=1S/C16H32O3/c1-2-16(18)19-15-13-11-9-7-5-3-4-6-8-10-12-14-17/h17H,2-15H2,1H3. The second kappa shape index (κ2) is 15.5. The average Bonchev–Trinajstić information content (AvgIpc) is 2.43. The van der Waals surface area contributed by atoms with E-state index in [-0.39, 0.29) is 5.97 Å². The summed E-state index contributed by atoms with van der Waals surface area (Å²) in [5.74, 6) is -0.0822. The van der Waals surface area contributed by atoms with Crippen LogP contribution in [0.4, 0.5) is 0 Å². The monoisotopic (exact) mass is 272 g/mol. The van der Waals surface area contributed by atoms with Gasteiger partial charge in [0.15, 0.2) is 0 Å². The van der Waals surface area contributed by atoms with Crippen molar-refractivity contribution in [3.05, 3.63) is 0 Å². The SMILES string of the molecule is CCC(=O)OCCCCCCCCCCCCCO. The summed E-state index contributed by atoms with van der Waals surface area (Å²) in [5.41, 5.74) is 0. The fourth-order valence-electron chi connectivity index (χ4n) is 2.09. The molecule has 0 aliphatic rings. The molecular weight excluding hydrogens is 240 g/mol. The highest BCUT2D eigenvalue weighted by atomic mass is 16.5. The lowest BCUT2D eigenvalue weighted by Crippen LogP contribution is -2.03. The highest BCUT2D eigenvalue weighted by molar-refractivity contribution is 5.68. The molecule has 0 saturated heterocycles. The maximum Gasteiger partial charge on any atom is 0.305 e. The third-order valence-corrected chi connectivity index (χ3v) is 3.35. The number of esters is 1. The molecule has 0 aliphatic heterocycles. The van der Waals surface area contributed by atoms with E-state index in [0.717, 1.165) is 12.8 Å². The van der Waals surface area contributed by atoms with Crippen LogP contribution < -0.4 is 0 Å². The summed E-state index contributed by atoms with van der Waals surface area (Å²) < 4.78 is 5.03. The lowest BCUT2D eigenvalue weighted by atomic mass is 10.1. The maximum absolute atomic E-state index is 10.9. The molecule has 0 aliphatic carbocycles. The van der Waals surface area contributed by atoms with Gasteiger partial charge >= 0.3 is 5.97 Å². The van der Waals surface area contributed by atoms with Gasteiger partial charge in [0.05, 0.1) is 6.61 Å². The number of carbonyl (C=O) groups is 1. The maximum atomic E-state index is 10.9. The lowest BCUT2D eigenvalue weighted by molar-refractivity contribution is -0.143. The molecule has 3 heteroatoms. The minimum absolute atomic E-state index is 0.0822. The summed E-state index contributed by atoms with van der Waals surface area (Å²) in [4.78, 5) is 10.9. The van der Waals surface area contributed by atoms with Crippen molar-refractivity contribution in [3.63, 3.8) is 0 Å². The highest BCUT2D eigenvalue weighted by Gasteiger charge is 1.97. The van der Waals surface area contributed by atoms with E-state index < -0.39 is 0 Å². The molecule has 1 N–H and O–H groups in total. The number of aliphatic hydroxyl groups excluding tert-OH is 1. The van der Waals surface area contributed by atoms with Crippen molar-refractivity contribution in [1.29, 1.82) is 0 Å². The first kappa shape index (κ1) is 18.4. The molecule has 0 amide bonds. The first-order chi connectivity index (χ1) is 9.31. The van der Waals surface area contributed by atoms with Crippen LogP contribution in [0.1, 0.15) is 84.0 Å². The second-order valence-corrected chi connectivity index (χ2v) is 5.19. The predicted octanol–water partition coefficient (Wildman–Crippen LogP) is 4.22. The Labute approximate surface area is 118 Å². The molecule has 0 aromatic carbocycles. The van der Waals surface area contributed by atoms with Gasteiger partial charge in [-0.3, -0.25) is 4.79 Å². The van der Waals surface area contributed by atoms with Gasteiger partial charge in [-0.2, -0.15) is 0 Å². The molecule has 0 atom stereocenters. The zero-order valence-electron chi connectivity index (χ0n) is 12.7. The topological polar surface area (TPSA) is 46.5 Å². The van der Waals surface area contributed by atoms with E-state index in [1.807, 2.05) is 6.92 Å². The Morgan fingerprint density at radius 3 is 1.63 bits per heavy atom. The van der Waals surface area contributed by atoms with Gasteiger partial charge in [-0.15, -0.1) is 0 Å². The number of hydrogen-bond donors (Lipinski definition) is 1. The minimum Gasteiger partial charge on any atom is -0.466 e. The number of carbonyl (C=O) groups excluding carboxylic acids is 1. The molecule has 0 aromatic heterocycles. The molecule has 0 aromatic rings. The molecule has 0 heterocycles. The molecule has 3 nitrogen and oxygen atoms in total. The summed E-state index contributed by atoms with van der Waals surface area (Å²) in [7, 11) is 0. The molecule has 0 unspecified atom stereocenters. The quantitative estimate of drug-likeness (QED) is 0.380. The zero-order valence-corrected chi connectivity index (χ0v) is 12.7. The van der Waals surface area contributed by atoms with Crippen molar-refractivity contribution >= 4 is 5.97 Å². The van der Waals surface area contributed by atoms with Crippen LogP contribution in [0.3, 0.4) is 0 Å². The van der Waals surface area contributed by atoms with Crippen molar-refractivity contribution in [2.75, 3.05) is 13.2 Å². The molecular formula is C16H32O3. The number of unbranched alkanes of at least 4 members (excludes halogenated alkanes) is 10. The number of hydrogen-bond acceptors (Lipinski definition) is 3. The first-order valence-electron chi connectivity index (χ1n) is 8.07. The Balaban J connectivity index is 2.97. The molecule has 0 bridgehead atoms. The fraction of sp³-hybridized carbons (Fsp3) is 0.938. The molecule has 0 spiro atoms. The van der Waals surface area contributed by atoms with Crippen molar-refractivity contribution in [1.82, 2.24) is 0 Å². The second-order valence-electron chi connectivity index (χ2n) is 5.19. The molecule has 0 radical (unpaired) electrons. The number of aliphatic hydroxyl groups is 1. The lowest BCUT2D eigenvalue weighted by Gasteiger charge is -2.04. The summed E-state index contributed by atoms with van der Waals surface area (Å²) in [6, 6.07) is 0. The van der Waals surface area contributed by atoms with Gasteiger partial charge in [0.25, 0.3) is 0 Å². The van der Waals surface area contributed by atoms with Gasteiger partial charge in [-0.25, -0.2) is 0 Å². The Hall–Kier alpha value is -0.570. The van der Waals surface area contributed by atoms with Gasteiger partial charge in [-0.1, -0.05) is 64.7 Å². The Morgan fingerprint density at radius 1 is 0.789 bits per heavy atom. The van der Waals surface area contributed by atoms with E-state index in [1.54, 1.807) is 0 Å². The van der Waals surface area contributed by atoms with E-state index >= 15 is 0 Å². The van der Waals surface area contributed by atoms with Crippen molar-refractivity contribution in [2.24, 2.45) is 0 Å².